The van der Waals surface area contributed by atoms with Crippen LogP contribution in [0.15, 0.2) is 83.4 Å². The molecule has 2 atom stereocenters. The summed E-state index contributed by atoms with van der Waals surface area (Å²) in [6, 6.07) is 15.3. The van der Waals surface area contributed by atoms with Crippen molar-refractivity contribution in [3.05, 3.63) is 106 Å². The lowest BCUT2D eigenvalue weighted by Gasteiger charge is -2.24. The quantitative estimate of drug-likeness (QED) is 0.293. The molecule has 3 nitrogen and oxygen atoms in total. The Kier molecular flexibility index (Phi) is 8.25. The Morgan fingerprint density at radius 3 is 2.44 bits per heavy atom. The van der Waals surface area contributed by atoms with Crippen LogP contribution in [0.2, 0.25) is 0 Å². The number of halogens is 3. The van der Waals surface area contributed by atoms with Crippen LogP contribution in [0.4, 0.5) is 8.78 Å². The summed E-state index contributed by atoms with van der Waals surface area (Å²) in [5.41, 5.74) is 2.37. The van der Waals surface area contributed by atoms with Gasteiger partial charge in [0.2, 0.25) is 5.88 Å². The van der Waals surface area contributed by atoms with Gasteiger partial charge in [-0.05, 0) is 54.5 Å². The van der Waals surface area contributed by atoms with Crippen LogP contribution in [0.5, 0.6) is 5.88 Å². The van der Waals surface area contributed by atoms with E-state index in [9.17, 15) is 4.39 Å². The van der Waals surface area contributed by atoms with Gasteiger partial charge in [0.05, 0.1) is 5.69 Å². The first-order valence-electron chi connectivity index (χ1n) is 11.2. The molecule has 0 aliphatic heterocycles. The van der Waals surface area contributed by atoms with E-state index in [0.29, 0.717) is 51.7 Å². The van der Waals surface area contributed by atoms with E-state index < -0.39 is 0 Å². The van der Waals surface area contributed by atoms with E-state index in [1.807, 2.05) is 24.3 Å². The summed E-state index contributed by atoms with van der Waals surface area (Å²) in [6.07, 6.45) is 9.91. The number of rotatable bonds is 9. The monoisotopic (exact) mass is 525 g/mol. The molecule has 1 heterocycles. The van der Waals surface area contributed by atoms with E-state index in [2.05, 4.69) is 33.1 Å². The van der Waals surface area contributed by atoms with Crippen LogP contribution in [0.3, 0.4) is 0 Å². The summed E-state index contributed by atoms with van der Waals surface area (Å²) in [5, 5.41) is 0. The fourth-order valence-electron chi connectivity index (χ4n) is 4.06. The van der Waals surface area contributed by atoms with Gasteiger partial charge in [0, 0.05) is 35.4 Å². The van der Waals surface area contributed by atoms with Crippen LogP contribution in [0.1, 0.15) is 17.5 Å². The SMILES string of the molecule is COCCC1C=CC=CC1Cc1ccc(-c2cccc(OCc3ccc(Br)cc3F)n2)cc1F. The number of methoxy groups -OCH3 is 1. The fraction of sp³-hybridized carbons (Fsp3) is 0.250. The molecule has 4 rings (SSSR count). The predicted octanol–water partition coefficient (Wildman–Crippen LogP) is 7.31. The van der Waals surface area contributed by atoms with Crippen molar-refractivity contribution in [2.24, 2.45) is 11.8 Å². The Morgan fingerprint density at radius 2 is 1.68 bits per heavy atom. The van der Waals surface area contributed by atoms with Crippen molar-refractivity contribution < 1.29 is 18.3 Å². The molecule has 0 bridgehead atoms. The summed E-state index contributed by atoms with van der Waals surface area (Å²) in [4.78, 5) is 4.48. The second-order valence-electron chi connectivity index (χ2n) is 8.27. The molecule has 0 fully saturated rings. The van der Waals surface area contributed by atoms with Crippen LogP contribution in [-0.2, 0) is 17.8 Å². The molecule has 2 aromatic carbocycles. The number of allylic oxidation sites excluding steroid dienone is 4. The van der Waals surface area contributed by atoms with Crippen LogP contribution >= 0.6 is 15.9 Å². The number of hydrogen-bond donors (Lipinski definition) is 0. The predicted molar refractivity (Wildman–Crippen MR) is 134 cm³/mol. The molecular formula is C28H26BrF2NO2. The molecule has 0 radical (unpaired) electrons. The minimum Gasteiger partial charge on any atom is -0.473 e. The number of ether oxygens (including phenoxy) is 2. The smallest absolute Gasteiger partial charge is 0.214 e. The fourth-order valence-corrected chi connectivity index (χ4v) is 4.39. The van der Waals surface area contributed by atoms with Gasteiger partial charge in [-0.2, -0.15) is 0 Å². The molecule has 1 aliphatic carbocycles. The van der Waals surface area contributed by atoms with Gasteiger partial charge in [0.25, 0.3) is 0 Å². The van der Waals surface area contributed by atoms with Crippen molar-refractivity contribution >= 4 is 15.9 Å². The molecule has 0 amide bonds. The van der Waals surface area contributed by atoms with Crippen molar-refractivity contribution in [3.8, 4) is 17.1 Å². The molecule has 1 aliphatic rings. The van der Waals surface area contributed by atoms with Gasteiger partial charge in [-0.15, -0.1) is 0 Å². The van der Waals surface area contributed by atoms with Crippen molar-refractivity contribution in [2.75, 3.05) is 13.7 Å². The van der Waals surface area contributed by atoms with Crippen molar-refractivity contribution in [3.63, 3.8) is 0 Å². The molecule has 3 aromatic rings. The topological polar surface area (TPSA) is 31.4 Å². The largest absolute Gasteiger partial charge is 0.473 e. The number of hydrogen-bond acceptors (Lipinski definition) is 3. The first kappa shape index (κ1) is 24.3. The third-order valence-electron chi connectivity index (χ3n) is 5.95. The Labute approximate surface area is 207 Å². The standard InChI is InChI=1S/C28H26BrF2NO2/c1-33-14-13-19-5-2-3-6-20(19)15-21-9-10-22(16-25(21)30)27-7-4-8-28(32-27)34-18-23-11-12-24(29)17-26(23)31/h2-12,16-17,19-20H,13-15,18H2,1H3. The van der Waals surface area contributed by atoms with E-state index in [0.717, 1.165) is 6.42 Å². The second kappa shape index (κ2) is 11.5. The van der Waals surface area contributed by atoms with E-state index >= 15 is 4.39 Å². The third-order valence-corrected chi connectivity index (χ3v) is 6.44. The summed E-state index contributed by atoms with van der Waals surface area (Å²) in [6.45, 7) is 0.732. The van der Waals surface area contributed by atoms with Gasteiger partial charge in [0.1, 0.15) is 18.2 Å². The molecule has 1 aromatic heterocycles. The summed E-state index contributed by atoms with van der Waals surface area (Å²) in [5.74, 6) is 0.306. The third kappa shape index (κ3) is 6.19. The number of aromatic nitrogens is 1. The lowest BCUT2D eigenvalue weighted by atomic mass is 9.82. The van der Waals surface area contributed by atoms with Crippen molar-refractivity contribution in [2.45, 2.75) is 19.4 Å². The van der Waals surface area contributed by atoms with E-state index in [-0.39, 0.29) is 24.2 Å². The summed E-state index contributed by atoms with van der Waals surface area (Å²) < 4.78 is 40.7. The van der Waals surface area contributed by atoms with Gasteiger partial charge in [0.15, 0.2) is 0 Å². The molecule has 6 heteroatoms. The zero-order chi connectivity index (χ0) is 23.9. The maximum atomic E-state index is 15.0. The number of pyridine rings is 1. The minimum absolute atomic E-state index is 0.0520. The average molecular weight is 526 g/mol. The summed E-state index contributed by atoms with van der Waals surface area (Å²) in [7, 11) is 1.70. The molecule has 34 heavy (non-hydrogen) atoms. The first-order chi connectivity index (χ1) is 16.5. The van der Waals surface area contributed by atoms with E-state index in [1.165, 1.54) is 12.1 Å². The maximum Gasteiger partial charge on any atom is 0.214 e. The van der Waals surface area contributed by atoms with Gasteiger partial charge in [-0.3, -0.25) is 0 Å². The average Bonchev–Trinajstić information content (AvgIpc) is 2.84. The molecule has 0 N–H and O–H groups in total. The number of benzene rings is 2. The Hall–Kier alpha value is -2.83. The normalized spacial score (nSPS) is 17.2. The Balaban J connectivity index is 1.45. The lowest BCUT2D eigenvalue weighted by Crippen LogP contribution is -2.17. The Morgan fingerprint density at radius 1 is 0.912 bits per heavy atom. The molecular weight excluding hydrogens is 500 g/mol. The van der Waals surface area contributed by atoms with Crippen LogP contribution in [0, 0.1) is 23.5 Å². The number of nitrogens with zero attached hydrogens (tertiary/aromatic N) is 1. The van der Waals surface area contributed by atoms with Gasteiger partial charge in [-0.1, -0.05) is 64.5 Å². The van der Waals surface area contributed by atoms with Crippen LogP contribution in [0.25, 0.3) is 11.3 Å². The van der Waals surface area contributed by atoms with Crippen LogP contribution < -0.4 is 4.74 Å². The summed E-state index contributed by atoms with van der Waals surface area (Å²) >= 11 is 3.24. The van der Waals surface area contributed by atoms with E-state index in [4.69, 9.17) is 9.47 Å². The molecule has 0 saturated carbocycles. The van der Waals surface area contributed by atoms with Crippen molar-refractivity contribution in [1.29, 1.82) is 0 Å². The Bertz CT molecular complexity index is 1190. The molecule has 0 spiro atoms. The highest BCUT2D eigenvalue weighted by molar-refractivity contribution is 9.10. The van der Waals surface area contributed by atoms with Gasteiger partial charge in [-0.25, -0.2) is 13.8 Å². The maximum absolute atomic E-state index is 15.0. The van der Waals surface area contributed by atoms with E-state index in [1.54, 1.807) is 37.4 Å². The molecule has 0 saturated heterocycles. The second-order valence-corrected chi connectivity index (χ2v) is 9.19. The van der Waals surface area contributed by atoms with Gasteiger partial charge >= 0.3 is 0 Å². The molecule has 2 unspecified atom stereocenters. The molecule has 176 valence electrons. The van der Waals surface area contributed by atoms with Crippen molar-refractivity contribution in [1.82, 2.24) is 4.98 Å². The lowest BCUT2D eigenvalue weighted by molar-refractivity contribution is 0.176. The highest BCUT2D eigenvalue weighted by Gasteiger charge is 2.20. The first-order valence-corrected chi connectivity index (χ1v) is 12.0. The van der Waals surface area contributed by atoms with Gasteiger partial charge < -0.3 is 9.47 Å². The zero-order valence-corrected chi connectivity index (χ0v) is 20.5. The zero-order valence-electron chi connectivity index (χ0n) is 18.9. The van der Waals surface area contributed by atoms with Crippen LogP contribution in [-0.4, -0.2) is 18.7 Å². The minimum atomic E-state index is -0.351. The highest BCUT2D eigenvalue weighted by Crippen LogP contribution is 2.29. The highest BCUT2D eigenvalue weighted by atomic mass is 79.9.